The van der Waals surface area contributed by atoms with Gasteiger partial charge >= 0.3 is 0 Å². The lowest BCUT2D eigenvalue weighted by Gasteiger charge is -2.22. The van der Waals surface area contributed by atoms with Crippen molar-refractivity contribution in [3.8, 4) is 0 Å². The summed E-state index contributed by atoms with van der Waals surface area (Å²) in [6.07, 6.45) is 0. The van der Waals surface area contributed by atoms with Crippen LogP contribution in [-0.2, 0) is 10.0 Å². The third-order valence-corrected chi connectivity index (χ3v) is 5.48. The predicted molar refractivity (Wildman–Crippen MR) is 98.1 cm³/mol. The number of hydrogen-bond donors (Lipinski definition) is 0. The molecule has 5 heteroatoms. The standard InChI is InChI=1S/C20H17NO3S/c1-16-12-14-17(15-13-16)20(22)21(18-8-4-2-5-9-18)25(23,24)19-10-6-3-7-11-19/h2-15H,1H3. The Balaban J connectivity index is 2.14. The van der Waals surface area contributed by atoms with Crippen molar-refractivity contribution in [3.63, 3.8) is 0 Å². The second-order valence-corrected chi connectivity index (χ2v) is 7.38. The summed E-state index contributed by atoms with van der Waals surface area (Å²) in [7, 11) is -4.03. The SMILES string of the molecule is Cc1ccc(C(=O)N(c2ccccc2)S(=O)(=O)c2ccccc2)cc1. The van der Waals surface area contributed by atoms with Gasteiger partial charge in [0.1, 0.15) is 0 Å². The molecule has 0 saturated carbocycles. The number of sulfonamides is 1. The molecular weight excluding hydrogens is 334 g/mol. The number of benzene rings is 3. The van der Waals surface area contributed by atoms with Crippen molar-refractivity contribution >= 4 is 21.6 Å². The normalized spacial score (nSPS) is 11.1. The Bertz CT molecular complexity index is 966. The Hall–Kier alpha value is -2.92. The molecule has 0 saturated heterocycles. The van der Waals surface area contributed by atoms with Gasteiger partial charge in [0, 0.05) is 5.56 Å². The van der Waals surface area contributed by atoms with Gasteiger partial charge in [-0.2, -0.15) is 4.31 Å². The Morgan fingerprint density at radius 2 is 1.28 bits per heavy atom. The minimum Gasteiger partial charge on any atom is -0.268 e. The van der Waals surface area contributed by atoms with Crippen LogP contribution in [0, 0.1) is 6.92 Å². The van der Waals surface area contributed by atoms with Crippen LogP contribution in [0.15, 0.2) is 89.8 Å². The molecule has 126 valence electrons. The molecule has 0 aliphatic carbocycles. The monoisotopic (exact) mass is 351 g/mol. The molecule has 0 heterocycles. The molecule has 3 aromatic carbocycles. The van der Waals surface area contributed by atoms with E-state index in [-0.39, 0.29) is 4.90 Å². The van der Waals surface area contributed by atoms with E-state index >= 15 is 0 Å². The molecule has 0 spiro atoms. The van der Waals surface area contributed by atoms with Crippen molar-refractivity contribution in [3.05, 3.63) is 96.1 Å². The zero-order valence-corrected chi connectivity index (χ0v) is 14.5. The van der Waals surface area contributed by atoms with Crippen LogP contribution in [0.3, 0.4) is 0 Å². The topological polar surface area (TPSA) is 54.5 Å². The minimum atomic E-state index is -4.03. The highest BCUT2D eigenvalue weighted by Crippen LogP contribution is 2.25. The summed E-state index contributed by atoms with van der Waals surface area (Å²) in [5, 5.41) is 0. The lowest BCUT2D eigenvalue weighted by atomic mass is 10.1. The molecule has 25 heavy (non-hydrogen) atoms. The zero-order chi connectivity index (χ0) is 17.9. The number of amides is 1. The second kappa shape index (κ2) is 6.91. The van der Waals surface area contributed by atoms with Gasteiger partial charge in [0.25, 0.3) is 15.9 Å². The summed E-state index contributed by atoms with van der Waals surface area (Å²) in [6, 6.07) is 23.2. The van der Waals surface area contributed by atoms with Crippen molar-refractivity contribution in [2.45, 2.75) is 11.8 Å². The zero-order valence-electron chi connectivity index (χ0n) is 13.7. The van der Waals surface area contributed by atoms with Crippen LogP contribution >= 0.6 is 0 Å². The molecule has 0 unspecified atom stereocenters. The van der Waals surface area contributed by atoms with E-state index in [9.17, 15) is 13.2 Å². The van der Waals surface area contributed by atoms with Crippen LogP contribution in [0.1, 0.15) is 15.9 Å². The summed E-state index contributed by atoms with van der Waals surface area (Å²) in [6.45, 7) is 1.91. The Morgan fingerprint density at radius 3 is 1.84 bits per heavy atom. The number of carbonyl (C=O) groups is 1. The van der Waals surface area contributed by atoms with Gasteiger partial charge in [0.05, 0.1) is 10.6 Å². The van der Waals surface area contributed by atoms with E-state index in [1.54, 1.807) is 72.8 Å². The second-order valence-electron chi connectivity index (χ2n) is 5.59. The van der Waals surface area contributed by atoms with Gasteiger partial charge < -0.3 is 0 Å². The number of rotatable bonds is 4. The lowest BCUT2D eigenvalue weighted by Crippen LogP contribution is -2.37. The molecule has 3 rings (SSSR count). The van der Waals surface area contributed by atoms with Crippen LogP contribution < -0.4 is 4.31 Å². The molecule has 0 N–H and O–H groups in total. The third kappa shape index (κ3) is 3.46. The Morgan fingerprint density at radius 1 is 0.760 bits per heavy atom. The van der Waals surface area contributed by atoms with Gasteiger partial charge in [-0.1, -0.05) is 54.1 Å². The molecule has 0 aliphatic rings. The fourth-order valence-corrected chi connectivity index (χ4v) is 3.87. The molecule has 0 radical (unpaired) electrons. The average molecular weight is 351 g/mol. The van der Waals surface area contributed by atoms with Crippen molar-refractivity contribution in [1.82, 2.24) is 0 Å². The summed E-state index contributed by atoms with van der Waals surface area (Å²) in [5.74, 6) is -0.588. The van der Waals surface area contributed by atoms with Crippen LogP contribution in [0.4, 0.5) is 5.69 Å². The van der Waals surface area contributed by atoms with Crippen LogP contribution in [0.2, 0.25) is 0 Å². The van der Waals surface area contributed by atoms with Crippen molar-refractivity contribution in [2.24, 2.45) is 0 Å². The molecule has 4 nitrogen and oxygen atoms in total. The average Bonchev–Trinajstić information content (AvgIpc) is 2.64. The maximum absolute atomic E-state index is 13.1. The smallest absolute Gasteiger partial charge is 0.268 e. The van der Waals surface area contributed by atoms with Crippen LogP contribution in [-0.4, -0.2) is 14.3 Å². The highest BCUT2D eigenvalue weighted by molar-refractivity contribution is 7.93. The first-order chi connectivity index (χ1) is 12.0. The van der Waals surface area contributed by atoms with Gasteiger partial charge in [-0.05, 0) is 43.3 Å². The Kier molecular flexibility index (Phi) is 4.67. The fraction of sp³-hybridized carbons (Fsp3) is 0.0500. The molecule has 0 bridgehead atoms. The lowest BCUT2D eigenvalue weighted by molar-refractivity contribution is 0.101. The maximum atomic E-state index is 13.1. The number of hydrogen-bond acceptors (Lipinski definition) is 3. The maximum Gasteiger partial charge on any atom is 0.272 e. The number of para-hydroxylation sites is 1. The van der Waals surface area contributed by atoms with Gasteiger partial charge in [-0.15, -0.1) is 0 Å². The first-order valence-corrected chi connectivity index (χ1v) is 9.20. The van der Waals surface area contributed by atoms with E-state index in [4.69, 9.17) is 0 Å². The molecule has 3 aromatic rings. The number of anilines is 1. The van der Waals surface area contributed by atoms with Gasteiger partial charge in [0.2, 0.25) is 0 Å². The van der Waals surface area contributed by atoms with E-state index in [1.807, 2.05) is 6.92 Å². The first kappa shape index (κ1) is 16.9. The largest absolute Gasteiger partial charge is 0.272 e. The third-order valence-electron chi connectivity index (χ3n) is 3.76. The number of nitrogens with zero attached hydrogens (tertiary/aromatic N) is 1. The van der Waals surface area contributed by atoms with E-state index < -0.39 is 15.9 Å². The summed E-state index contributed by atoms with van der Waals surface area (Å²) in [4.78, 5) is 13.1. The van der Waals surface area contributed by atoms with Crippen molar-refractivity contribution in [2.75, 3.05) is 4.31 Å². The molecule has 0 atom stereocenters. The number of carbonyl (C=O) groups excluding carboxylic acids is 1. The minimum absolute atomic E-state index is 0.0688. The summed E-state index contributed by atoms with van der Waals surface area (Å²) in [5.41, 5.74) is 1.61. The fourth-order valence-electron chi connectivity index (χ4n) is 2.44. The van der Waals surface area contributed by atoms with Gasteiger partial charge in [-0.3, -0.25) is 4.79 Å². The van der Waals surface area contributed by atoms with Crippen molar-refractivity contribution in [1.29, 1.82) is 0 Å². The van der Waals surface area contributed by atoms with Crippen LogP contribution in [0.5, 0.6) is 0 Å². The molecule has 0 fully saturated rings. The quantitative estimate of drug-likeness (QED) is 0.713. The summed E-state index contributed by atoms with van der Waals surface area (Å²) < 4.78 is 27.1. The van der Waals surface area contributed by atoms with E-state index in [0.717, 1.165) is 9.87 Å². The predicted octanol–water partition coefficient (Wildman–Crippen LogP) is 4.03. The van der Waals surface area contributed by atoms with Gasteiger partial charge in [0.15, 0.2) is 0 Å². The highest BCUT2D eigenvalue weighted by Gasteiger charge is 2.31. The Labute approximate surface area is 147 Å². The van der Waals surface area contributed by atoms with E-state index in [1.165, 1.54) is 12.1 Å². The molecule has 0 aliphatic heterocycles. The number of aryl methyl sites for hydroxylation is 1. The first-order valence-electron chi connectivity index (χ1n) is 7.76. The van der Waals surface area contributed by atoms with Gasteiger partial charge in [-0.25, -0.2) is 8.42 Å². The molecule has 0 aromatic heterocycles. The summed E-state index contributed by atoms with van der Waals surface area (Å²) >= 11 is 0. The van der Waals surface area contributed by atoms with Crippen LogP contribution in [0.25, 0.3) is 0 Å². The highest BCUT2D eigenvalue weighted by atomic mass is 32.2. The molecular formula is C20H17NO3S. The van der Waals surface area contributed by atoms with E-state index in [0.29, 0.717) is 11.3 Å². The van der Waals surface area contributed by atoms with E-state index in [2.05, 4.69) is 0 Å². The molecule has 1 amide bonds. The van der Waals surface area contributed by atoms with Crippen molar-refractivity contribution < 1.29 is 13.2 Å².